The number of nitrogens with zero attached hydrogens (tertiary/aromatic N) is 1. The molecule has 74 valence electrons. The number of benzene rings is 1. The molecule has 0 saturated heterocycles. The van der Waals surface area contributed by atoms with E-state index in [-0.39, 0.29) is 0 Å². The number of H-pyrrole nitrogens is 1. The van der Waals surface area contributed by atoms with Gasteiger partial charge in [0.1, 0.15) is 0 Å². The van der Waals surface area contributed by atoms with Crippen LogP contribution in [0.15, 0.2) is 24.5 Å². The van der Waals surface area contributed by atoms with E-state index >= 15 is 0 Å². The summed E-state index contributed by atoms with van der Waals surface area (Å²) in [6.45, 7) is 6.77. The van der Waals surface area contributed by atoms with E-state index in [1.165, 1.54) is 5.56 Å². The molecule has 1 heterocycles. The van der Waals surface area contributed by atoms with Gasteiger partial charge >= 0.3 is 0 Å². The fourth-order valence-corrected chi connectivity index (χ4v) is 1.62. The van der Waals surface area contributed by atoms with E-state index in [0.717, 1.165) is 11.0 Å². The van der Waals surface area contributed by atoms with Gasteiger partial charge in [-0.3, -0.25) is 0 Å². The highest BCUT2D eigenvalue weighted by Gasteiger charge is 2.10. The molecule has 1 atom stereocenters. The second-order valence-corrected chi connectivity index (χ2v) is 4.21. The number of fused-ring (bicyclic) bond motifs is 1. The lowest BCUT2D eigenvalue weighted by molar-refractivity contribution is 0.535. The van der Waals surface area contributed by atoms with Crippen LogP contribution in [0.1, 0.15) is 32.3 Å². The van der Waals surface area contributed by atoms with Gasteiger partial charge in [-0.25, -0.2) is 4.98 Å². The van der Waals surface area contributed by atoms with Crippen molar-refractivity contribution in [2.75, 3.05) is 0 Å². The second kappa shape index (κ2) is 3.45. The van der Waals surface area contributed by atoms with Crippen LogP contribution in [0.3, 0.4) is 0 Å². The lowest BCUT2D eigenvalue weighted by Crippen LogP contribution is -2.01. The van der Waals surface area contributed by atoms with Crippen LogP contribution < -0.4 is 0 Å². The van der Waals surface area contributed by atoms with E-state index in [1.54, 1.807) is 6.33 Å². The van der Waals surface area contributed by atoms with E-state index in [1.807, 2.05) is 0 Å². The molecular formula is C12H16N2. The number of imidazole rings is 1. The van der Waals surface area contributed by atoms with E-state index in [2.05, 4.69) is 48.9 Å². The van der Waals surface area contributed by atoms with Crippen molar-refractivity contribution in [3.05, 3.63) is 30.1 Å². The molecule has 2 rings (SSSR count). The zero-order valence-electron chi connectivity index (χ0n) is 8.91. The van der Waals surface area contributed by atoms with Gasteiger partial charge in [-0.05, 0) is 29.5 Å². The molecule has 2 aromatic rings. The lowest BCUT2D eigenvalue weighted by atomic mass is 9.90. The molecule has 1 unspecified atom stereocenters. The number of hydrogen-bond donors (Lipinski definition) is 1. The summed E-state index contributed by atoms with van der Waals surface area (Å²) in [5.74, 6) is 1.28. The molecule has 0 radical (unpaired) electrons. The third kappa shape index (κ3) is 1.52. The van der Waals surface area contributed by atoms with Crippen LogP contribution in [-0.2, 0) is 0 Å². The van der Waals surface area contributed by atoms with Crippen LogP contribution in [0.5, 0.6) is 0 Å². The van der Waals surface area contributed by atoms with Crippen LogP contribution >= 0.6 is 0 Å². The highest BCUT2D eigenvalue weighted by atomic mass is 14.9. The summed E-state index contributed by atoms with van der Waals surface area (Å²) in [5.41, 5.74) is 3.57. The first-order chi connectivity index (χ1) is 6.68. The van der Waals surface area contributed by atoms with Gasteiger partial charge in [0.15, 0.2) is 0 Å². The maximum absolute atomic E-state index is 4.21. The van der Waals surface area contributed by atoms with Gasteiger partial charge in [-0.2, -0.15) is 0 Å². The summed E-state index contributed by atoms with van der Waals surface area (Å²) in [4.78, 5) is 7.35. The fraction of sp³-hybridized carbons (Fsp3) is 0.417. The van der Waals surface area contributed by atoms with E-state index in [4.69, 9.17) is 0 Å². The lowest BCUT2D eigenvalue weighted by Gasteiger charge is -2.15. The van der Waals surface area contributed by atoms with Crippen molar-refractivity contribution in [1.29, 1.82) is 0 Å². The van der Waals surface area contributed by atoms with Crippen LogP contribution in [0.25, 0.3) is 11.0 Å². The molecule has 1 N–H and O–H groups in total. The third-order valence-corrected chi connectivity index (χ3v) is 2.97. The summed E-state index contributed by atoms with van der Waals surface area (Å²) in [7, 11) is 0. The summed E-state index contributed by atoms with van der Waals surface area (Å²) in [5, 5.41) is 0. The van der Waals surface area contributed by atoms with Crippen molar-refractivity contribution in [3.8, 4) is 0 Å². The Labute approximate surface area is 84.4 Å². The van der Waals surface area contributed by atoms with Gasteiger partial charge in [0.25, 0.3) is 0 Å². The van der Waals surface area contributed by atoms with Gasteiger partial charge in [0.2, 0.25) is 0 Å². The highest BCUT2D eigenvalue weighted by molar-refractivity contribution is 5.75. The Balaban J connectivity index is 2.43. The Bertz CT molecular complexity index is 429. The Kier molecular flexibility index (Phi) is 2.28. The zero-order valence-corrected chi connectivity index (χ0v) is 8.91. The van der Waals surface area contributed by atoms with E-state index < -0.39 is 0 Å². The van der Waals surface area contributed by atoms with Crippen molar-refractivity contribution in [1.82, 2.24) is 9.97 Å². The average Bonchev–Trinajstić information content (AvgIpc) is 2.62. The summed E-state index contributed by atoms with van der Waals surface area (Å²) >= 11 is 0. The molecule has 1 aromatic heterocycles. The van der Waals surface area contributed by atoms with Gasteiger partial charge < -0.3 is 4.98 Å². The van der Waals surface area contributed by atoms with Crippen molar-refractivity contribution in [2.24, 2.45) is 5.92 Å². The van der Waals surface area contributed by atoms with Crippen molar-refractivity contribution in [2.45, 2.75) is 26.7 Å². The van der Waals surface area contributed by atoms with Gasteiger partial charge in [0, 0.05) is 0 Å². The first-order valence-corrected chi connectivity index (χ1v) is 5.11. The maximum atomic E-state index is 4.21. The second-order valence-electron chi connectivity index (χ2n) is 4.21. The van der Waals surface area contributed by atoms with E-state index in [9.17, 15) is 0 Å². The van der Waals surface area contributed by atoms with Gasteiger partial charge in [-0.15, -0.1) is 0 Å². The van der Waals surface area contributed by atoms with Crippen LogP contribution in [0.2, 0.25) is 0 Å². The largest absolute Gasteiger partial charge is 0.345 e. The van der Waals surface area contributed by atoms with Gasteiger partial charge in [-0.1, -0.05) is 26.8 Å². The summed E-state index contributed by atoms with van der Waals surface area (Å²) < 4.78 is 0. The highest BCUT2D eigenvalue weighted by Crippen LogP contribution is 2.25. The monoisotopic (exact) mass is 188 g/mol. The first kappa shape index (κ1) is 9.25. The molecule has 0 fully saturated rings. The molecule has 2 nitrogen and oxygen atoms in total. The Morgan fingerprint density at radius 1 is 1.21 bits per heavy atom. The molecule has 1 aromatic carbocycles. The summed E-state index contributed by atoms with van der Waals surface area (Å²) in [6.07, 6.45) is 1.74. The minimum Gasteiger partial charge on any atom is -0.345 e. The summed E-state index contributed by atoms with van der Waals surface area (Å²) in [6, 6.07) is 6.46. The molecule has 2 heteroatoms. The maximum Gasteiger partial charge on any atom is 0.0931 e. The van der Waals surface area contributed by atoms with Crippen LogP contribution in [0.4, 0.5) is 0 Å². The standard InChI is InChI=1S/C12H16N2/c1-8(2)9(3)10-4-5-11-12(6-10)14-7-13-11/h4-9H,1-3H3,(H,13,14). The van der Waals surface area contributed by atoms with Crippen LogP contribution in [-0.4, -0.2) is 9.97 Å². The third-order valence-electron chi connectivity index (χ3n) is 2.97. The molecule has 0 bridgehead atoms. The van der Waals surface area contributed by atoms with E-state index in [0.29, 0.717) is 11.8 Å². The average molecular weight is 188 g/mol. The molecule has 0 spiro atoms. The molecule has 0 aliphatic carbocycles. The molecule has 14 heavy (non-hydrogen) atoms. The van der Waals surface area contributed by atoms with Crippen LogP contribution in [0, 0.1) is 5.92 Å². The number of aromatic nitrogens is 2. The Morgan fingerprint density at radius 3 is 2.71 bits per heavy atom. The minimum absolute atomic E-state index is 0.600. The molecule has 0 aliphatic heterocycles. The number of hydrogen-bond acceptors (Lipinski definition) is 1. The first-order valence-electron chi connectivity index (χ1n) is 5.11. The quantitative estimate of drug-likeness (QED) is 0.769. The zero-order chi connectivity index (χ0) is 10.1. The molecule has 0 saturated carbocycles. The fourth-order valence-electron chi connectivity index (χ4n) is 1.62. The van der Waals surface area contributed by atoms with Crippen molar-refractivity contribution < 1.29 is 0 Å². The normalized spacial score (nSPS) is 13.7. The Hall–Kier alpha value is -1.31. The number of rotatable bonds is 2. The molecule has 0 aliphatic rings. The Morgan fingerprint density at radius 2 is 2.00 bits per heavy atom. The SMILES string of the molecule is CC(C)C(C)c1ccc2nc[nH]c2c1. The predicted molar refractivity (Wildman–Crippen MR) is 59.3 cm³/mol. The van der Waals surface area contributed by atoms with Crippen molar-refractivity contribution >= 4 is 11.0 Å². The predicted octanol–water partition coefficient (Wildman–Crippen LogP) is 3.32. The topological polar surface area (TPSA) is 28.7 Å². The molecule has 0 amide bonds. The number of nitrogens with one attached hydrogen (secondary N) is 1. The minimum atomic E-state index is 0.600. The smallest absolute Gasteiger partial charge is 0.0931 e. The van der Waals surface area contributed by atoms with Crippen molar-refractivity contribution in [3.63, 3.8) is 0 Å². The van der Waals surface area contributed by atoms with Gasteiger partial charge in [0.05, 0.1) is 17.4 Å². The molecular weight excluding hydrogens is 172 g/mol. The number of aromatic amines is 1.